The lowest BCUT2D eigenvalue weighted by Gasteiger charge is -2.57. The van der Waals surface area contributed by atoms with E-state index in [2.05, 4.69) is 50.4 Å². The van der Waals surface area contributed by atoms with Crippen molar-refractivity contribution in [3.8, 4) is 0 Å². The van der Waals surface area contributed by atoms with Gasteiger partial charge in [0.25, 0.3) is 5.91 Å². The van der Waals surface area contributed by atoms with Crippen molar-refractivity contribution in [2.45, 2.75) is 103 Å². The highest BCUT2D eigenvalue weighted by atomic mass is 16.2. The molecular formula is C20H38N4O2. The second-order valence-corrected chi connectivity index (χ2v) is 9.27. The molecule has 2 aliphatic rings. The van der Waals surface area contributed by atoms with Gasteiger partial charge in [-0.25, -0.2) is 9.80 Å². The Morgan fingerprint density at radius 1 is 0.962 bits per heavy atom. The van der Waals surface area contributed by atoms with Crippen molar-refractivity contribution in [3.63, 3.8) is 0 Å². The molecule has 0 atom stereocenters. The third-order valence-electron chi connectivity index (χ3n) is 5.88. The number of piperidine rings is 1. The van der Waals surface area contributed by atoms with Crippen molar-refractivity contribution in [1.82, 2.24) is 20.7 Å². The van der Waals surface area contributed by atoms with E-state index in [-0.39, 0.29) is 23.0 Å². The van der Waals surface area contributed by atoms with Crippen LogP contribution in [-0.4, -0.2) is 52.1 Å². The van der Waals surface area contributed by atoms with Crippen molar-refractivity contribution in [3.05, 3.63) is 0 Å². The van der Waals surface area contributed by atoms with Crippen LogP contribution in [0.25, 0.3) is 0 Å². The molecule has 6 nitrogen and oxygen atoms in total. The Labute approximate surface area is 159 Å². The van der Waals surface area contributed by atoms with Crippen LogP contribution in [0.3, 0.4) is 0 Å². The second-order valence-electron chi connectivity index (χ2n) is 9.27. The van der Waals surface area contributed by atoms with Gasteiger partial charge in [0.05, 0.1) is 0 Å². The van der Waals surface area contributed by atoms with E-state index in [0.717, 1.165) is 12.8 Å². The third-order valence-corrected chi connectivity index (χ3v) is 5.88. The van der Waals surface area contributed by atoms with Gasteiger partial charge in [0.15, 0.2) is 0 Å². The molecule has 2 N–H and O–H groups in total. The first-order valence-electron chi connectivity index (χ1n) is 10.2. The highest BCUT2D eigenvalue weighted by Gasteiger charge is 2.60. The highest BCUT2D eigenvalue weighted by molar-refractivity contribution is 6.07. The Kier molecular flexibility index (Phi) is 6.39. The number of unbranched alkanes of at least 4 members (excludes halogenated alkanes) is 5. The monoisotopic (exact) mass is 366 g/mol. The number of urea groups is 1. The molecule has 0 aromatic heterocycles. The number of nitrogens with zero attached hydrogens (tertiary/aromatic N) is 2. The third kappa shape index (κ3) is 4.06. The molecule has 0 saturated carbocycles. The molecule has 0 unspecified atom stereocenters. The Balaban J connectivity index is 2.05. The molecule has 3 amide bonds. The number of imide groups is 1. The van der Waals surface area contributed by atoms with Gasteiger partial charge in [-0.3, -0.25) is 15.1 Å². The molecule has 2 fully saturated rings. The lowest BCUT2D eigenvalue weighted by atomic mass is 9.70. The summed E-state index contributed by atoms with van der Waals surface area (Å²) < 4.78 is 0. The summed E-state index contributed by atoms with van der Waals surface area (Å²) in [5.74, 6) is -0.0343. The van der Waals surface area contributed by atoms with Crippen LogP contribution in [0.2, 0.25) is 0 Å². The summed E-state index contributed by atoms with van der Waals surface area (Å²) in [6, 6.07) is -0.215. The molecule has 6 heteroatoms. The van der Waals surface area contributed by atoms with E-state index in [1.54, 1.807) is 0 Å². The number of nitrogens with one attached hydrogen (secondary N) is 2. The summed E-state index contributed by atoms with van der Waals surface area (Å²) in [7, 11) is 1.92. The minimum absolute atomic E-state index is 0.0343. The number of carbonyl (C=O) groups is 2. The van der Waals surface area contributed by atoms with Crippen LogP contribution in [0.1, 0.15) is 86.0 Å². The zero-order valence-corrected chi connectivity index (χ0v) is 17.6. The Hall–Kier alpha value is -1.14. The number of hydrogen-bond donors (Lipinski definition) is 2. The van der Waals surface area contributed by atoms with Gasteiger partial charge in [0.2, 0.25) is 0 Å². The Morgan fingerprint density at radius 3 is 2.04 bits per heavy atom. The second kappa shape index (κ2) is 7.85. The lowest BCUT2D eigenvalue weighted by molar-refractivity contribution is -0.144. The van der Waals surface area contributed by atoms with Gasteiger partial charge in [-0.2, -0.15) is 0 Å². The summed E-state index contributed by atoms with van der Waals surface area (Å²) >= 11 is 0. The Morgan fingerprint density at radius 2 is 1.50 bits per heavy atom. The van der Waals surface area contributed by atoms with Gasteiger partial charge in [-0.15, -0.1) is 0 Å². The number of amides is 3. The van der Waals surface area contributed by atoms with Gasteiger partial charge in [0.1, 0.15) is 5.54 Å². The molecule has 2 aliphatic heterocycles. The van der Waals surface area contributed by atoms with E-state index in [1.165, 1.54) is 30.6 Å². The van der Waals surface area contributed by atoms with Crippen LogP contribution in [-0.2, 0) is 4.79 Å². The largest absolute Gasteiger partial charge is 0.325 e. The van der Waals surface area contributed by atoms with Gasteiger partial charge in [0, 0.05) is 17.6 Å². The van der Waals surface area contributed by atoms with Gasteiger partial charge in [-0.05, 0) is 54.0 Å². The van der Waals surface area contributed by atoms with Crippen molar-refractivity contribution in [2.24, 2.45) is 0 Å². The average molecular weight is 367 g/mol. The fraction of sp³-hybridized carbons (Fsp3) is 0.900. The quantitative estimate of drug-likeness (QED) is 0.510. The van der Waals surface area contributed by atoms with E-state index in [0.29, 0.717) is 19.4 Å². The first-order valence-corrected chi connectivity index (χ1v) is 10.2. The zero-order chi connectivity index (χ0) is 19.6. The van der Waals surface area contributed by atoms with Crippen LogP contribution < -0.4 is 10.7 Å². The molecule has 2 saturated heterocycles. The maximum Gasteiger partial charge on any atom is 0.325 e. The van der Waals surface area contributed by atoms with E-state index < -0.39 is 5.54 Å². The van der Waals surface area contributed by atoms with Gasteiger partial charge < -0.3 is 5.32 Å². The summed E-state index contributed by atoms with van der Waals surface area (Å²) in [5, 5.41) is 5.28. The number of hydrazine groups is 1. The van der Waals surface area contributed by atoms with E-state index >= 15 is 0 Å². The summed E-state index contributed by atoms with van der Waals surface area (Å²) in [4.78, 5) is 27.3. The van der Waals surface area contributed by atoms with E-state index in [9.17, 15) is 9.59 Å². The smallest absolute Gasteiger partial charge is 0.323 e. The fourth-order valence-electron chi connectivity index (χ4n) is 5.29. The average Bonchev–Trinajstić information content (AvgIpc) is 2.71. The van der Waals surface area contributed by atoms with Gasteiger partial charge >= 0.3 is 6.03 Å². The predicted octanol–water partition coefficient (Wildman–Crippen LogP) is 3.42. The molecule has 2 rings (SSSR count). The van der Waals surface area contributed by atoms with Crippen molar-refractivity contribution in [1.29, 1.82) is 0 Å². The first-order chi connectivity index (χ1) is 12.1. The standard InChI is InChI=1S/C20H38N4O2/c1-7-8-9-10-11-12-13-23-16(25)20(22-17(23)26)14-18(2,3)24(21-6)19(4,5)15-20/h21H,7-15H2,1-6H3,(H,22,26). The molecule has 0 radical (unpaired) electrons. The van der Waals surface area contributed by atoms with Crippen LogP contribution >= 0.6 is 0 Å². The highest BCUT2D eigenvalue weighted by Crippen LogP contribution is 2.44. The van der Waals surface area contributed by atoms with Gasteiger partial charge in [-0.1, -0.05) is 39.0 Å². The molecule has 2 heterocycles. The molecule has 0 aliphatic carbocycles. The van der Waals surface area contributed by atoms with Crippen LogP contribution in [0, 0.1) is 0 Å². The normalized spacial score (nSPS) is 24.3. The summed E-state index contributed by atoms with van der Waals surface area (Å²) in [6.07, 6.45) is 8.11. The zero-order valence-electron chi connectivity index (χ0n) is 17.6. The van der Waals surface area contributed by atoms with Crippen LogP contribution in [0.15, 0.2) is 0 Å². The van der Waals surface area contributed by atoms with Crippen molar-refractivity contribution in [2.75, 3.05) is 13.6 Å². The SMILES string of the molecule is CCCCCCCCN1C(=O)NC2(CC(C)(C)N(NC)C(C)(C)C2)C1=O. The van der Waals surface area contributed by atoms with E-state index in [4.69, 9.17) is 0 Å². The Bertz CT molecular complexity index is 512. The summed E-state index contributed by atoms with van der Waals surface area (Å²) in [6.45, 7) is 11.2. The predicted molar refractivity (Wildman–Crippen MR) is 105 cm³/mol. The number of rotatable bonds is 8. The molecule has 0 aromatic rings. The fourth-order valence-corrected chi connectivity index (χ4v) is 5.29. The van der Waals surface area contributed by atoms with Crippen LogP contribution in [0.4, 0.5) is 4.79 Å². The molecule has 1 spiro atoms. The molecular weight excluding hydrogens is 328 g/mol. The van der Waals surface area contributed by atoms with Crippen molar-refractivity contribution < 1.29 is 9.59 Å². The van der Waals surface area contributed by atoms with E-state index in [1.807, 2.05) is 7.05 Å². The topological polar surface area (TPSA) is 64.7 Å². The number of carbonyl (C=O) groups excluding carboxylic acids is 2. The molecule has 0 bridgehead atoms. The first kappa shape index (κ1) is 21.2. The maximum atomic E-state index is 13.2. The van der Waals surface area contributed by atoms with Crippen LogP contribution in [0.5, 0.6) is 0 Å². The molecule has 26 heavy (non-hydrogen) atoms. The minimum atomic E-state index is -0.778. The number of hydrogen-bond acceptors (Lipinski definition) is 4. The summed E-state index contributed by atoms with van der Waals surface area (Å²) in [5.41, 5.74) is 2.02. The van der Waals surface area contributed by atoms with Crippen molar-refractivity contribution >= 4 is 11.9 Å². The molecule has 0 aromatic carbocycles. The molecule has 150 valence electrons. The lowest BCUT2D eigenvalue weighted by Crippen LogP contribution is -2.72. The maximum absolute atomic E-state index is 13.2. The minimum Gasteiger partial charge on any atom is -0.323 e.